The van der Waals surface area contributed by atoms with E-state index in [4.69, 9.17) is 0 Å². The van der Waals surface area contributed by atoms with E-state index in [1.54, 1.807) is 0 Å². The first-order valence-corrected chi connectivity index (χ1v) is 8.79. The quantitative estimate of drug-likeness (QED) is 0.734. The third kappa shape index (κ3) is 4.79. The summed E-state index contributed by atoms with van der Waals surface area (Å²) >= 11 is 0. The van der Waals surface area contributed by atoms with Crippen LogP contribution in [0.1, 0.15) is 39.2 Å². The maximum absolute atomic E-state index is 12.3. The van der Waals surface area contributed by atoms with Gasteiger partial charge in [0.25, 0.3) is 5.91 Å². The van der Waals surface area contributed by atoms with E-state index in [0.29, 0.717) is 6.04 Å². The third-order valence-electron chi connectivity index (χ3n) is 4.98. The van der Waals surface area contributed by atoms with E-state index < -0.39 is 18.1 Å². The monoisotopic (exact) mass is 334 g/mol. The Hall–Kier alpha value is -1.43. The molecule has 2 atom stereocenters. The minimum absolute atomic E-state index is 0.375. The molecule has 2 rings (SSSR count). The summed E-state index contributed by atoms with van der Waals surface area (Å²) in [6.45, 7) is 7.61. The summed E-state index contributed by atoms with van der Waals surface area (Å²) in [5.74, 6) is -0.487. The second kappa shape index (κ2) is 8.10. The molecule has 1 fully saturated rings. The van der Waals surface area contributed by atoms with Crippen molar-refractivity contribution in [1.29, 1.82) is 0 Å². The number of piperidine rings is 1. The number of aliphatic hydroxyl groups excluding tert-OH is 2. The van der Waals surface area contributed by atoms with Crippen LogP contribution in [0.4, 0.5) is 0 Å². The van der Waals surface area contributed by atoms with E-state index in [9.17, 15) is 15.0 Å². The summed E-state index contributed by atoms with van der Waals surface area (Å²) < 4.78 is 0. The van der Waals surface area contributed by atoms with Gasteiger partial charge >= 0.3 is 0 Å². The summed E-state index contributed by atoms with van der Waals surface area (Å²) in [5.41, 5.74) is 0.794. The number of likely N-dealkylation sites (tertiary alicyclic amines) is 1. The Morgan fingerprint density at radius 3 is 2.25 bits per heavy atom. The van der Waals surface area contributed by atoms with Gasteiger partial charge in [0.15, 0.2) is 6.10 Å². The molecule has 0 radical (unpaired) electrons. The van der Waals surface area contributed by atoms with Crippen LogP contribution in [0.5, 0.6) is 0 Å². The standard InChI is InChI=1S/C19H30N2O3/c1-14(2)21-11-9-19(10-12-21,13-16-7-5-4-6-8-16)20-18(24)17(23)15(3)22/h4-8,14-15,17,22-23H,9-13H2,1-3H3,(H,20,24). The van der Waals surface area contributed by atoms with Crippen molar-refractivity contribution in [2.45, 2.75) is 63.8 Å². The minimum Gasteiger partial charge on any atom is -0.390 e. The number of rotatable bonds is 6. The van der Waals surface area contributed by atoms with Gasteiger partial charge in [-0.2, -0.15) is 0 Å². The molecule has 1 aliphatic rings. The first-order chi connectivity index (χ1) is 11.3. The second-order valence-corrected chi connectivity index (χ2v) is 7.25. The van der Waals surface area contributed by atoms with Crippen molar-refractivity contribution >= 4 is 5.91 Å². The molecule has 0 aliphatic carbocycles. The lowest BCUT2D eigenvalue weighted by Gasteiger charge is -2.44. The summed E-state index contributed by atoms with van der Waals surface area (Å²) in [7, 11) is 0. The normalized spacial score (nSPS) is 20.6. The smallest absolute Gasteiger partial charge is 0.251 e. The molecule has 0 bridgehead atoms. The molecule has 0 spiro atoms. The van der Waals surface area contributed by atoms with Crippen LogP contribution in [-0.2, 0) is 11.2 Å². The zero-order valence-corrected chi connectivity index (χ0v) is 14.9. The number of nitrogens with one attached hydrogen (secondary N) is 1. The van der Waals surface area contributed by atoms with Gasteiger partial charge in [-0.1, -0.05) is 30.3 Å². The van der Waals surface area contributed by atoms with Crippen LogP contribution in [0, 0.1) is 0 Å². The fourth-order valence-corrected chi connectivity index (χ4v) is 3.36. The molecule has 2 unspecified atom stereocenters. The molecule has 1 aliphatic heterocycles. The highest BCUT2D eigenvalue weighted by Gasteiger charge is 2.38. The number of carbonyl (C=O) groups excluding carboxylic acids is 1. The van der Waals surface area contributed by atoms with E-state index >= 15 is 0 Å². The van der Waals surface area contributed by atoms with Gasteiger partial charge in [-0.25, -0.2) is 0 Å². The van der Waals surface area contributed by atoms with Gasteiger partial charge in [-0.15, -0.1) is 0 Å². The lowest BCUT2D eigenvalue weighted by atomic mass is 9.81. The summed E-state index contributed by atoms with van der Waals surface area (Å²) in [5, 5.41) is 22.4. The van der Waals surface area contributed by atoms with Crippen molar-refractivity contribution in [3.05, 3.63) is 35.9 Å². The first kappa shape index (κ1) is 18.9. The molecule has 3 N–H and O–H groups in total. The molecule has 0 aromatic heterocycles. The molecule has 1 saturated heterocycles. The number of aliphatic hydroxyl groups is 2. The zero-order chi connectivity index (χ0) is 17.7. The van der Waals surface area contributed by atoms with Crippen LogP contribution in [0.15, 0.2) is 30.3 Å². The van der Waals surface area contributed by atoms with Crippen LogP contribution in [0.2, 0.25) is 0 Å². The predicted octanol–water partition coefficient (Wildman–Crippen LogP) is 1.33. The van der Waals surface area contributed by atoms with Gasteiger partial charge in [-0.05, 0) is 45.6 Å². The van der Waals surface area contributed by atoms with Crippen molar-refractivity contribution in [1.82, 2.24) is 10.2 Å². The molecule has 5 nitrogen and oxygen atoms in total. The fraction of sp³-hybridized carbons (Fsp3) is 0.632. The molecule has 5 heteroatoms. The Kier molecular flexibility index (Phi) is 6.38. The van der Waals surface area contributed by atoms with Crippen molar-refractivity contribution in [3.63, 3.8) is 0 Å². The van der Waals surface area contributed by atoms with E-state index in [1.165, 1.54) is 12.5 Å². The molecular weight excluding hydrogens is 304 g/mol. The maximum atomic E-state index is 12.3. The molecule has 1 aromatic rings. The van der Waals surface area contributed by atoms with Crippen molar-refractivity contribution in [2.75, 3.05) is 13.1 Å². The Bertz CT molecular complexity index is 523. The summed E-state index contributed by atoms with van der Waals surface area (Å²) in [6, 6.07) is 10.6. The molecule has 1 heterocycles. The van der Waals surface area contributed by atoms with Gasteiger partial charge in [0.2, 0.25) is 0 Å². The summed E-state index contributed by atoms with van der Waals surface area (Å²) in [6.07, 6.45) is -0.0651. The number of nitrogens with zero attached hydrogens (tertiary/aromatic N) is 1. The second-order valence-electron chi connectivity index (χ2n) is 7.25. The number of hydrogen-bond donors (Lipinski definition) is 3. The van der Waals surface area contributed by atoms with Crippen LogP contribution in [-0.4, -0.2) is 57.9 Å². The highest BCUT2D eigenvalue weighted by atomic mass is 16.3. The Labute approximate surface area is 144 Å². The van der Waals surface area contributed by atoms with E-state index in [0.717, 1.165) is 32.4 Å². The van der Waals surface area contributed by atoms with E-state index in [-0.39, 0.29) is 5.54 Å². The first-order valence-electron chi connectivity index (χ1n) is 8.79. The average molecular weight is 334 g/mol. The minimum atomic E-state index is -1.39. The predicted molar refractivity (Wildman–Crippen MR) is 94.7 cm³/mol. The molecule has 1 amide bonds. The van der Waals surface area contributed by atoms with Crippen molar-refractivity contribution in [2.24, 2.45) is 0 Å². The van der Waals surface area contributed by atoms with Gasteiger partial charge in [0.1, 0.15) is 0 Å². The largest absolute Gasteiger partial charge is 0.390 e. The van der Waals surface area contributed by atoms with Crippen molar-refractivity contribution < 1.29 is 15.0 Å². The lowest BCUT2D eigenvalue weighted by molar-refractivity contribution is -0.137. The molecule has 134 valence electrons. The van der Waals surface area contributed by atoms with Crippen LogP contribution in [0.3, 0.4) is 0 Å². The van der Waals surface area contributed by atoms with E-state index in [1.807, 2.05) is 18.2 Å². The fourth-order valence-electron chi connectivity index (χ4n) is 3.36. The number of carbonyl (C=O) groups is 1. The number of hydrogen-bond acceptors (Lipinski definition) is 4. The Morgan fingerprint density at radius 1 is 1.17 bits per heavy atom. The highest BCUT2D eigenvalue weighted by Crippen LogP contribution is 2.28. The maximum Gasteiger partial charge on any atom is 0.251 e. The SMILES string of the molecule is CC(O)C(O)C(=O)NC1(Cc2ccccc2)CCN(C(C)C)CC1. The van der Waals surface area contributed by atoms with E-state index in [2.05, 4.69) is 36.2 Å². The van der Waals surface area contributed by atoms with Gasteiger partial charge in [0.05, 0.1) is 6.10 Å². The van der Waals surface area contributed by atoms with Crippen LogP contribution >= 0.6 is 0 Å². The van der Waals surface area contributed by atoms with Crippen molar-refractivity contribution in [3.8, 4) is 0 Å². The average Bonchev–Trinajstić information content (AvgIpc) is 2.55. The topological polar surface area (TPSA) is 72.8 Å². The molecule has 1 aromatic carbocycles. The van der Waals surface area contributed by atoms with Crippen LogP contribution in [0.25, 0.3) is 0 Å². The summed E-state index contributed by atoms with van der Waals surface area (Å²) in [4.78, 5) is 14.7. The van der Waals surface area contributed by atoms with Gasteiger partial charge in [0, 0.05) is 24.7 Å². The molecular formula is C19H30N2O3. The Morgan fingerprint density at radius 2 is 1.75 bits per heavy atom. The highest BCUT2D eigenvalue weighted by molar-refractivity contribution is 5.81. The molecule has 24 heavy (non-hydrogen) atoms. The van der Waals surface area contributed by atoms with Gasteiger partial charge in [-0.3, -0.25) is 4.79 Å². The molecule has 0 saturated carbocycles. The third-order valence-corrected chi connectivity index (χ3v) is 4.98. The number of amides is 1. The van der Waals surface area contributed by atoms with Gasteiger partial charge < -0.3 is 20.4 Å². The number of benzene rings is 1. The Balaban J connectivity index is 2.14. The van der Waals surface area contributed by atoms with Crippen LogP contribution < -0.4 is 5.32 Å². The lowest BCUT2D eigenvalue weighted by Crippen LogP contribution is -2.60. The zero-order valence-electron chi connectivity index (χ0n) is 14.9.